The number of hydrogen-bond donors (Lipinski definition) is 3. The molecule has 2 amide bonds. The average molecular weight is 661 g/mol. The number of carbonyl (C=O) groups excluding carboxylic acids is 2. The van der Waals surface area contributed by atoms with Crippen molar-refractivity contribution in [3.05, 3.63) is 105 Å². The van der Waals surface area contributed by atoms with Crippen LogP contribution in [0.25, 0.3) is 0 Å². The second-order valence-electron chi connectivity index (χ2n) is 11.0. The summed E-state index contributed by atoms with van der Waals surface area (Å²) in [7, 11) is -3.61. The standard InChI is InChI=1S/C31H31Cl2N3O7S/c1-44(41,42)35-25-8-4-5-9-26(25)36-28(23-15-14-20(32)16-24(23)33)27(21-6-2-3-7-22(21)30(36)38)29(37)34-43-17-18-10-12-19(13-11-18)31(39)40/h2-3,6-7,10-16,25-28,35H,4-5,8-9,17H2,1H3,(H,34,37)(H,39,40)/t25-,26-,27+,28-/m0/s1. The second kappa shape index (κ2) is 13.3. The summed E-state index contributed by atoms with van der Waals surface area (Å²) >= 11 is 13.0. The van der Waals surface area contributed by atoms with Gasteiger partial charge in [-0.15, -0.1) is 0 Å². The van der Waals surface area contributed by atoms with E-state index in [2.05, 4.69) is 10.2 Å². The molecular weight excluding hydrogens is 629 g/mol. The smallest absolute Gasteiger partial charge is 0.335 e. The number of nitrogens with one attached hydrogen (secondary N) is 2. The quantitative estimate of drug-likeness (QED) is 0.272. The largest absolute Gasteiger partial charge is 0.478 e. The van der Waals surface area contributed by atoms with Crippen LogP contribution in [0, 0.1) is 0 Å². The Morgan fingerprint density at radius 3 is 2.39 bits per heavy atom. The third kappa shape index (κ3) is 6.92. The highest BCUT2D eigenvalue weighted by Crippen LogP contribution is 2.47. The van der Waals surface area contributed by atoms with Crippen molar-refractivity contribution >= 4 is 51.0 Å². The Bertz CT molecular complexity index is 1680. The van der Waals surface area contributed by atoms with Crippen LogP contribution in [0.1, 0.15) is 75.0 Å². The van der Waals surface area contributed by atoms with E-state index in [4.69, 9.17) is 33.1 Å². The Hall–Kier alpha value is -3.48. The maximum Gasteiger partial charge on any atom is 0.335 e. The first-order valence-corrected chi connectivity index (χ1v) is 16.7. The van der Waals surface area contributed by atoms with E-state index in [0.717, 1.165) is 19.1 Å². The number of carboxylic acids is 1. The van der Waals surface area contributed by atoms with Crippen molar-refractivity contribution in [2.75, 3.05) is 6.26 Å². The van der Waals surface area contributed by atoms with E-state index in [1.54, 1.807) is 59.5 Å². The van der Waals surface area contributed by atoms with Crippen LogP contribution in [0.2, 0.25) is 10.0 Å². The Morgan fingerprint density at radius 1 is 1.00 bits per heavy atom. The number of rotatable bonds is 9. The van der Waals surface area contributed by atoms with E-state index in [1.165, 1.54) is 12.1 Å². The molecule has 5 rings (SSSR count). The maximum atomic E-state index is 14.3. The summed E-state index contributed by atoms with van der Waals surface area (Å²) in [5.41, 5.74) is 4.55. The number of hydroxylamine groups is 1. The molecule has 4 atom stereocenters. The first-order valence-electron chi connectivity index (χ1n) is 14.0. The number of carbonyl (C=O) groups is 3. The molecule has 0 spiro atoms. The van der Waals surface area contributed by atoms with Gasteiger partial charge in [0.05, 0.1) is 30.4 Å². The zero-order valence-corrected chi connectivity index (χ0v) is 26.0. The molecule has 0 saturated heterocycles. The molecule has 3 aromatic carbocycles. The fourth-order valence-electron chi connectivity index (χ4n) is 6.13. The number of aromatic carboxylic acids is 1. The molecule has 3 N–H and O–H groups in total. The van der Waals surface area contributed by atoms with Crippen molar-refractivity contribution in [2.45, 2.75) is 56.3 Å². The van der Waals surface area contributed by atoms with Crippen molar-refractivity contribution in [3.63, 3.8) is 0 Å². The minimum absolute atomic E-state index is 0.0437. The van der Waals surface area contributed by atoms with E-state index in [1.807, 2.05) is 0 Å². The molecule has 232 valence electrons. The molecule has 0 bridgehead atoms. The predicted molar refractivity (Wildman–Crippen MR) is 165 cm³/mol. The molecule has 0 radical (unpaired) electrons. The van der Waals surface area contributed by atoms with Crippen molar-refractivity contribution in [2.24, 2.45) is 0 Å². The number of halogens is 2. The van der Waals surface area contributed by atoms with Crippen LogP contribution in [0.15, 0.2) is 66.7 Å². The summed E-state index contributed by atoms with van der Waals surface area (Å²) in [6.45, 7) is -0.0437. The lowest BCUT2D eigenvalue weighted by Gasteiger charge is -2.49. The molecule has 1 aliphatic carbocycles. The van der Waals surface area contributed by atoms with Gasteiger partial charge >= 0.3 is 5.97 Å². The predicted octanol–water partition coefficient (Wildman–Crippen LogP) is 5.08. The van der Waals surface area contributed by atoms with Gasteiger partial charge in [-0.25, -0.2) is 23.4 Å². The topological polar surface area (TPSA) is 142 Å². The third-order valence-electron chi connectivity index (χ3n) is 8.00. The zero-order chi connectivity index (χ0) is 31.6. The minimum Gasteiger partial charge on any atom is -0.478 e. The fourth-order valence-corrected chi connectivity index (χ4v) is 7.47. The fraction of sp³-hybridized carbons (Fsp3) is 0.323. The van der Waals surface area contributed by atoms with Crippen LogP contribution in [-0.4, -0.2) is 54.5 Å². The van der Waals surface area contributed by atoms with Gasteiger partial charge in [0.1, 0.15) is 0 Å². The number of fused-ring (bicyclic) bond motifs is 1. The van der Waals surface area contributed by atoms with Gasteiger partial charge < -0.3 is 10.0 Å². The van der Waals surface area contributed by atoms with E-state index in [-0.39, 0.29) is 23.1 Å². The van der Waals surface area contributed by atoms with Gasteiger partial charge in [0, 0.05) is 27.7 Å². The molecular formula is C31H31Cl2N3O7S. The van der Waals surface area contributed by atoms with Crippen LogP contribution in [0.4, 0.5) is 0 Å². The Kier molecular flexibility index (Phi) is 9.62. The number of amides is 2. The third-order valence-corrected chi connectivity index (χ3v) is 9.30. The van der Waals surface area contributed by atoms with E-state index < -0.39 is 45.9 Å². The number of sulfonamides is 1. The second-order valence-corrected chi connectivity index (χ2v) is 13.6. The van der Waals surface area contributed by atoms with Gasteiger partial charge in [0.15, 0.2) is 0 Å². The van der Waals surface area contributed by atoms with Crippen LogP contribution in [0.5, 0.6) is 0 Å². The molecule has 1 saturated carbocycles. The first kappa shape index (κ1) is 31.9. The Balaban J connectivity index is 1.55. The van der Waals surface area contributed by atoms with Crippen molar-refractivity contribution in [1.82, 2.24) is 15.1 Å². The summed E-state index contributed by atoms with van der Waals surface area (Å²) in [6, 6.07) is 15.6. The zero-order valence-electron chi connectivity index (χ0n) is 23.7. The Morgan fingerprint density at radius 2 is 1.70 bits per heavy atom. The van der Waals surface area contributed by atoms with Crippen molar-refractivity contribution in [3.8, 4) is 0 Å². The van der Waals surface area contributed by atoms with E-state index in [0.29, 0.717) is 40.1 Å². The summed E-state index contributed by atoms with van der Waals surface area (Å²) < 4.78 is 27.4. The highest BCUT2D eigenvalue weighted by molar-refractivity contribution is 7.88. The minimum atomic E-state index is -3.61. The number of carboxylic acid groups (broad SMARTS) is 1. The number of hydrogen-bond acceptors (Lipinski definition) is 6. The molecule has 2 aliphatic rings. The van der Waals surface area contributed by atoms with Gasteiger partial charge in [0.2, 0.25) is 10.0 Å². The SMILES string of the molecule is CS(=O)(=O)N[C@H]1CCCC[C@@H]1N1C(=O)c2ccccc2[C@@H](C(=O)NOCc2ccc(C(=O)O)cc2)[C@@H]1c1ccc(Cl)cc1Cl. The molecule has 10 nitrogen and oxygen atoms in total. The highest BCUT2D eigenvalue weighted by atomic mass is 35.5. The molecule has 0 unspecified atom stereocenters. The van der Waals surface area contributed by atoms with Crippen LogP contribution in [0.3, 0.4) is 0 Å². The lowest BCUT2D eigenvalue weighted by molar-refractivity contribution is -0.138. The summed E-state index contributed by atoms with van der Waals surface area (Å²) in [5.74, 6) is -2.93. The van der Waals surface area contributed by atoms with Gasteiger partial charge in [0.25, 0.3) is 11.8 Å². The molecule has 1 aliphatic heterocycles. The van der Waals surface area contributed by atoms with Crippen molar-refractivity contribution in [1.29, 1.82) is 0 Å². The highest BCUT2D eigenvalue weighted by Gasteiger charge is 2.49. The van der Waals surface area contributed by atoms with Gasteiger partial charge in [-0.3, -0.25) is 14.4 Å². The summed E-state index contributed by atoms with van der Waals surface area (Å²) in [4.78, 5) is 46.7. The lowest BCUT2D eigenvalue weighted by atomic mass is 9.76. The molecule has 1 heterocycles. The maximum absolute atomic E-state index is 14.3. The monoisotopic (exact) mass is 659 g/mol. The molecule has 0 aromatic heterocycles. The van der Waals surface area contributed by atoms with Crippen LogP contribution < -0.4 is 10.2 Å². The van der Waals surface area contributed by atoms with Gasteiger partial charge in [-0.05, 0) is 59.9 Å². The summed E-state index contributed by atoms with van der Waals surface area (Å²) in [5, 5.41) is 9.77. The molecule has 13 heteroatoms. The van der Waals surface area contributed by atoms with Crippen LogP contribution >= 0.6 is 23.2 Å². The normalized spacial score (nSPS) is 21.9. The van der Waals surface area contributed by atoms with Gasteiger partial charge in [-0.2, -0.15) is 0 Å². The number of benzene rings is 3. The van der Waals surface area contributed by atoms with Crippen LogP contribution in [-0.2, 0) is 26.3 Å². The lowest BCUT2D eigenvalue weighted by Crippen LogP contribution is -2.59. The first-order chi connectivity index (χ1) is 20.9. The number of nitrogens with zero attached hydrogens (tertiary/aromatic N) is 1. The van der Waals surface area contributed by atoms with Gasteiger partial charge in [-0.1, -0.05) is 72.4 Å². The van der Waals surface area contributed by atoms with Crippen molar-refractivity contribution < 1.29 is 32.7 Å². The molecule has 1 fully saturated rings. The molecule has 3 aromatic rings. The van der Waals surface area contributed by atoms with E-state index in [9.17, 15) is 22.8 Å². The van der Waals surface area contributed by atoms with E-state index >= 15 is 0 Å². The Labute approximate surface area is 265 Å². The molecule has 44 heavy (non-hydrogen) atoms. The average Bonchev–Trinajstić information content (AvgIpc) is 2.97. The summed E-state index contributed by atoms with van der Waals surface area (Å²) in [6.07, 6.45) is 3.66.